The summed E-state index contributed by atoms with van der Waals surface area (Å²) in [5, 5.41) is 4.92. The van der Waals surface area contributed by atoms with Crippen molar-refractivity contribution in [3.63, 3.8) is 0 Å². The number of hydrogen-bond acceptors (Lipinski definition) is 1. The van der Waals surface area contributed by atoms with E-state index in [1.807, 2.05) is 24.4 Å². The molecule has 0 saturated heterocycles. The van der Waals surface area contributed by atoms with Gasteiger partial charge in [-0.3, -0.25) is 4.99 Å². The molecule has 104 valence electrons. The molecule has 0 amide bonds. The van der Waals surface area contributed by atoms with E-state index in [2.05, 4.69) is 71.7 Å². The lowest BCUT2D eigenvalue weighted by molar-refractivity contribution is 1.56. The van der Waals surface area contributed by atoms with E-state index in [0.29, 0.717) is 0 Å². The van der Waals surface area contributed by atoms with Crippen LogP contribution in [-0.4, -0.2) is 6.21 Å². The monoisotopic (exact) mass is 281 g/mol. The topological polar surface area (TPSA) is 12.4 Å². The molecule has 0 aliphatic rings. The van der Waals surface area contributed by atoms with E-state index in [1.165, 1.54) is 21.5 Å². The van der Waals surface area contributed by atoms with Gasteiger partial charge >= 0.3 is 0 Å². The van der Waals surface area contributed by atoms with Crippen molar-refractivity contribution in [3.05, 3.63) is 90.5 Å². The number of rotatable bonds is 2. The minimum Gasteiger partial charge on any atom is -0.256 e. The molecular formula is C21H15N. The fourth-order valence-corrected chi connectivity index (χ4v) is 2.75. The number of hydrogen-bond donors (Lipinski definition) is 0. The minimum absolute atomic E-state index is 1.01. The number of nitrogens with zero attached hydrogens (tertiary/aromatic N) is 1. The van der Waals surface area contributed by atoms with Gasteiger partial charge in [0.1, 0.15) is 0 Å². The fraction of sp³-hybridized carbons (Fsp3) is 0. The molecule has 4 rings (SSSR count). The Hall–Kier alpha value is -2.93. The molecule has 0 aromatic heterocycles. The van der Waals surface area contributed by atoms with E-state index >= 15 is 0 Å². The Kier molecular flexibility index (Phi) is 3.17. The maximum atomic E-state index is 4.69. The van der Waals surface area contributed by atoms with Crippen molar-refractivity contribution in [1.29, 1.82) is 0 Å². The summed E-state index contributed by atoms with van der Waals surface area (Å²) >= 11 is 0. The van der Waals surface area contributed by atoms with Crippen LogP contribution in [0.15, 0.2) is 89.9 Å². The summed E-state index contributed by atoms with van der Waals surface area (Å²) in [7, 11) is 0. The molecule has 0 bridgehead atoms. The minimum atomic E-state index is 1.01. The fourth-order valence-electron chi connectivity index (χ4n) is 2.75. The highest BCUT2D eigenvalue weighted by Gasteiger charge is 2.01. The smallest absolute Gasteiger partial charge is 0.0708 e. The van der Waals surface area contributed by atoms with Gasteiger partial charge in [0, 0.05) is 11.6 Å². The molecule has 4 aromatic carbocycles. The van der Waals surface area contributed by atoms with Crippen LogP contribution in [0.3, 0.4) is 0 Å². The zero-order valence-corrected chi connectivity index (χ0v) is 12.1. The molecule has 0 radical (unpaired) electrons. The third-order valence-corrected chi connectivity index (χ3v) is 3.88. The Morgan fingerprint density at radius 2 is 1.27 bits per heavy atom. The van der Waals surface area contributed by atoms with Crippen LogP contribution < -0.4 is 0 Å². The lowest BCUT2D eigenvalue weighted by Gasteiger charge is -2.05. The molecule has 0 aliphatic heterocycles. The Morgan fingerprint density at radius 1 is 0.591 bits per heavy atom. The standard InChI is InChI=1S/C21H15N/c1-2-7-16(8-3-1)15-22-21-12-6-11-19-13-17-9-4-5-10-18(17)14-20(19)21/h1-15H. The largest absolute Gasteiger partial charge is 0.256 e. The predicted octanol–water partition coefficient (Wildman–Crippen LogP) is 5.74. The van der Waals surface area contributed by atoms with Gasteiger partial charge in [0.15, 0.2) is 0 Å². The highest BCUT2D eigenvalue weighted by atomic mass is 14.7. The second kappa shape index (κ2) is 5.45. The first-order valence-corrected chi connectivity index (χ1v) is 7.41. The molecule has 4 aromatic rings. The Labute approximate surface area is 129 Å². The van der Waals surface area contributed by atoms with Crippen molar-refractivity contribution in [1.82, 2.24) is 0 Å². The second-order valence-electron chi connectivity index (χ2n) is 5.37. The van der Waals surface area contributed by atoms with Gasteiger partial charge in [-0.05, 0) is 39.9 Å². The van der Waals surface area contributed by atoms with E-state index in [0.717, 1.165) is 11.3 Å². The SMILES string of the molecule is C(=Nc1cccc2cc3ccccc3cc12)c1ccccc1. The normalized spacial score (nSPS) is 11.5. The molecule has 0 spiro atoms. The molecule has 22 heavy (non-hydrogen) atoms. The van der Waals surface area contributed by atoms with Crippen LogP contribution >= 0.6 is 0 Å². The van der Waals surface area contributed by atoms with Crippen LogP contribution in [0.4, 0.5) is 5.69 Å². The third kappa shape index (κ3) is 2.38. The van der Waals surface area contributed by atoms with E-state index < -0.39 is 0 Å². The molecule has 0 fully saturated rings. The van der Waals surface area contributed by atoms with Crippen LogP contribution in [0.1, 0.15) is 5.56 Å². The first-order chi connectivity index (χ1) is 10.9. The summed E-state index contributed by atoms with van der Waals surface area (Å²) in [5.74, 6) is 0. The molecule has 0 saturated carbocycles. The van der Waals surface area contributed by atoms with Crippen LogP contribution in [-0.2, 0) is 0 Å². The van der Waals surface area contributed by atoms with Crippen LogP contribution in [0.25, 0.3) is 21.5 Å². The third-order valence-electron chi connectivity index (χ3n) is 3.88. The van der Waals surface area contributed by atoms with Crippen molar-refractivity contribution < 1.29 is 0 Å². The van der Waals surface area contributed by atoms with Gasteiger partial charge in [-0.1, -0.05) is 66.7 Å². The Morgan fingerprint density at radius 3 is 2.09 bits per heavy atom. The summed E-state index contributed by atoms with van der Waals surface area (Å²) in [4.78, 5) is 4.69. The summed E-state index contributed by atoms with van der Waals surface area (Å²) < 4.78 is 0. The van der Waals surface area contributed by atoms with Gasteiger partial charge in [0.05, 0.1) is 5.69 Å². The average Bonchev–Trinajstić information content (AvgIpc) is 2.59. The lowest BCUT2D eigenvalue weighted by Crippen LogP contribution is -1.80. The highest BCUT2D eigenvalue weighted by Crippen LogP contribution is 2.30. The number of aliphatic imine (C=N–C) groups is 1. The van der Waals surface area contributed by atoms with Crippen molar-refractivity contribution in [2.45, 2.75) is 0 Å². The van der Waals surface area contributed by atoms with Gasteiger partial charge in [-0.25, -0.2) is 0 Å². The first kappa shape index (κ1) is 12.8. The average molecular weight is 281 g/mol. The number of fused-ring (bicyclic) bond motifs is 2. The summed E-state index contributed by atoms with van der Waals surface area (Å²) in [6.07, 6.45) is 1.92. The zero-order chi connectivity index (χ0) is 14.8. The van der Waals surface area contributed by atoms with E-state index in [1.54, 1.807) is 0 Å². The molecule has 0 aliphatic carbocycles. The zero-order valence-electron chi connectivity index (χ0n) is 12.1. The summed E-state index contributed by atoms with van der Waals surface area (Å²) in [6, 6.07) is 29.4. The Bertz CT molecular complexity index is 969. The summed E-state index contributed by atoms with van der Waals surface area (Å²) in [6.45, 7) is 0. The lowest BCUT2D eigenvalue weighted by atomic mass is 10.0. The molecule has 0 heterocycles. The van der Waals surface area contributed by atoms with Gasteiger partial charge in [-0.2, -0.15) is 0 Å². The maximum Gasteiger partial charge on any atom is 0.0708 e. The first-order valence-electron chi connectivity index (χ1n) is 7.41. The summed E-state index contributed by atoms with van der Waals surface area (Å²) in [5.41, 5.74) is 2.12. The van der Waals surface area contributed by atoms with Gasteiger partial charge in [-0.15, -0.1) is 0 Å². The van der Waals surface area contributed by atoms with Crippen molar-refractivity contribution >= 4 is 33.4 Å². The number of benzene rings is 4. The molecule has 1 nitrogen and oxygen atoms in total. The van der Waals surface area contributed by atoms with Gasteiger partial charge in [0.2, 0.25) is 0 Å². The molecule has 0 unspecified atom stereocenters. The van der Waals surface area contributed by atoms with Crippen molar-refractivity contribution in [2.75, 3.05) is 0 Å². The molecule has 1 heteroatoms. The molecular weight excluding hydrogens is 266 g/mol. The quantitative estimate of drug-likeness (QED) is 0.328. The van der Waals surface area contributed by atoms with Crippen molar-refractivity contribution in [3.8, 4) is 0 Å². The van der Waals surface area contributed by atoms with E-state index in [-0.39, 0.29) is 0 Å². The van der Waals surface area contributed by atoms with E-state index in [9.17, 15) is 0 Å². The predicted molar refractivity (Wildman–Crippen MR) is 95.2 cm³/mol. The van der Waals surface area contributed by atoms with Crippen LogP contribution in [0.5, 0.6) is 0 Å². The molecule has 0 N–H and O–H groups in total. The Balaban J connectivity index is 1.87. The maximum absolute atomic E-state index is 4.69. The van der Waals surface area contributed by atoms with Crippen LogP contribution in [0.2, 0.25) is 0 Å². The van der Waals surface area contributed by atoms with Gasteiger partial charge < -0.3 is 0 Å². The van der Waals surface area contributed by atoms with Gasteiger partial charge in [0.25, 0.3) is 0 Å². The van der Waals surface area contributed by atoms with E-state index in [4.69, 9.17) is 0 Å². The highest BCUT2D eigenvalue weighted by molar-refractivity contribution is 6.03. The van der Waals surface area contributed by atoms with Crippen LogP contribution in [0, 0.1) is 0 Å². The molecule has 0 atom stereocenters. The van der Waals surface area contributed by atoms with Crippen molar-refractivity contribution in [2.24, 2.45) is 4.99 Å². The second-order valence-corrected chi connectivity index (χ2v) is 5.37.